The van der Waals surface area contributed by atoms with Crippen LogP contribution in [0.25, 0.3) is 0 Å². The van der Waals surface area contributed by atoms with E-state index in [4.69, 9.17) is 0 Å². The van der Waals surface area contributed by atoms with Gasteiger partial charge >= 0.3 is 0 Å². The maximum Gasteiger partial charge on any atom is 0.0466 e. The lowest BCUT2D eigenvalue weighted by molar-refractivity contribution is 0.397. The molecule has 1 heterocycles. The molecular weight excluding hydrogens is 208 g/mol. The van der Waals surface area contributed by atoms with Gasteiger partial charge in [-0.25, -0.2) is 0 Å². The molecule has 1 aliphatic rings. The van der Waals surface area contributed by atoms with Crippen molar-refractivity contribution in [2.45, 2.75) is 57.9 Å². The molecule has 0 bridgehead atoms. The molecule has 94 valence electrons. The Bertz CT molecular complexity index is 365. The van der Waals surface area contributed by atoms with Gasteiger partial charge in [0.25, 0.3) is 0 Å². The lowest BCUT2D eigenvalue weighted by Crippen LogP contribution is -2.37. The van der Waals surface area contributed by atoms with Crippen molar-refractivity contribution >= 4 is 0 Å². The van der Waals surface area contributed by atoms with Crippen LogP contribution in [0.3, 0.4) is 0 Å². The quantitative estimate of drug-likeness (QED) is 0.865. The molecule has 1 N–H and O–H groups in total. The van der Waals surface area contributed by atoms with Crippen LogP contribution in [0.1, 0.15) is 57.2 Å². The second kappa shape index (κ2) is 5.18. The van der Waals surface area contributed by atoms with Gasteiger partial charge in [0.1, 0.15) is 0 Å². The van der Waals surface area contributed by atoms with Crippen LogP contribution in [0.15, 0.2) is 18.3 Å². The number of pyridine rings is 1. The average Bonchev–Trinajstić information content (AvgIpc) is 2.28. The smallest absolute Gasteiger partial charge is 0.0466 e. The summed E-state index contributed by atoms with van der Waals surface area (Å²) in [7, 11) is 0. The third-order valence-electron chi connectivity index (χ3n) is 3.46. The average molecular weight is 232 g/mol. The fraction of sp³-hybridized carbons (Fsp3) is 0.667. The second-order valence-corrected chi connectivity index (χ2v) is 6.10. The monoisotopic (exact) mass is 232 g/mol. The van der Waals surface area contributed by atoms with E-state index in [2.05, 4.69) is 43.2 Å². The maximum absolute atomic E-state index is 4.59. The van der Waals surface area contributed by atoms with Crippen LogP contribution in [-0.2, 0) is 6.42 Å². The van der Waals surface area contributed by atoms with E-state index in [0.29, 0.717) is 5.92 Å². The first-order chi connectivity index (χ1) is 8.06. The molecule has 0 aromatic carbocycles. The number of hydrogen-bond acceptors (Lipinski definition) is 2. The summed E-state index contributed by atoms with van der Waals surface area (Å²) in [4.78, 5) is 4.59. The van der Waals surface area contributed by atoms with E-state index < -0.39 is 0 Å². The van der Waals surface area contributed by atoms with Crippen molar-refractivity contribution in [1.82, 2.24) is 10.3 Å². The normalized spacial score (nSPS) is 20.1. The van der Waals surface area contributed by atoms with E-state index in [0.717, 1.165) is 6.54 Å². The van der Waals surface area contributed by atoms with Gasteiger partial charge in [-0.05, 0) is 64.6 Å². The molecule has 0 fully saturated rings. The number of hydrogen-bond donors (Lipinski definition) is 1. The van der Waals surface area contributed by atoms with Crippen molar-refractivity contribution < 1.29 is 0 Å². The summed E-state index contributed by atoms with van der Waals surface area (Å²) in [6.07, 6.45) is 6.98. The maximum atomic E-state index is 4.59. The molecule has 0 radical (unpaired) electrons. The van der Waals surface area contributed by atoms with Gasteiger partial charge in [0.15, 0.2) is 0 Å². The molecular formula is C15H24N2. The van der Waals surface area contributed by atoms with Crippen molar-refractivity contribution in [3.8, 4) is 0 Å². The third-order valence-corrected chi connectivity index (χ3v) is 3.46. The highest BCUT2D eigenvalue weighted by Gasteiger charge is 2.21. The minimum Gasteiger partial charge on any atom is -0.312 e. The Hall–Kier alpha value is -0.890. The molecule has 0 spiro atoms. The minimum absolute atomic E-state index is 0.224. The molecule has 0 amide bonds. The van der Waals surface area contributed by atoms with Crippen molar-refractivity contribution in [2.75, 3.05) is 6.54 Å². The van der Waals surface area contributed by atoms with E-state index in [1.807, 2.05) is 6.20 Å². The number of rotatable bonds is 3. The lowest BCUT2D eigenvalue weighted by Gasteiger charge is -2.26. The summed E-state index contributed by atoms with van der Waals surface area (Å²) in [6.45, 7) is 7.75. The number of nitrogens with one attached hydrogen (secondary N) is 1. The highest BCUT2D eigenvalue weighted by Crippen LogP contribution is 2.31. The van der Waals surface area contributed by atoms with Gasteiger partial charge in [0, 0.05) is 23.3 Å². The summed E-state index contributed by atoms with van der Waals surface area (Å²) >= 11 is 0. The summed E-state index contributed by atoms with van der Waals surface area (Å²) in [5.74, 6) is 0.662. The van der Waals surface area contributed by atoms with E-state index >= 15 is 0 Å². The molecule has 17 heavy (non-hydrogen) atoms. The summed E-state index contributed by atoms with van der Waals surface area (Å²) < 4.78 is 0. The van der Waals surface area contributed by atoms with Crippen LogP contribution < -0.4 is 5.32 Å². The van der Waals surface area contributed by atoms with E-state index in [1.165, 1.54) is 36.9 Å². The molecule has 2 nitrogen and oxygen atoms in total. The molecule has 0 aliphatic heterocycles. The first kappa shape index (κ1) is 12.6. The predicted octanol–water partition coefficient (Wildman–Crippen LogP) is 3.28. The molecule has 1 atom stereocenters. The molecule has 2 heteroatoms. The largest absolute Gasteiger partial charge is 0.312 e. The van der Waals surface area contributed by atoms with Gasteiger partial charge in [-0.2, -0.15) is 0 Å². The van der Waals surface area contributed by atoms with Crippen LogP contribution in [0, 0.1) is 0 Å². The van der Waals surface area contributed by atoms with Gasteiger partial charge in [-0.15, -0.1) is 0 Å². The first-order valence-electron chi connectivity index (χ1n) is 6.75. The van der Waals surface area contributed by atoms with Crippen LogP contribution >= 0.6 is 0 Å². The molecule has 2 rings (SSSR count). The van der Waals surface area contributed by atoms with Crippen LogP contribution in [0.2, 0.25) is 0 Å². The standard InChI is InChI=1S/C15H24N2/c1-15(2,3)17-11-9-13-7-4-6-12-8-5-10-16-14(12)13/h5,8,10,13,17H,4,6-7,9,11H2,1-3H3. The van der Waals surface area contributed by atoms with Crippen molar-refractivity contribution in [3.63, 3.8) is 0 Å². The molecule has 0 saturated heterocycles. The van der Waals surface area contributed by atoms with Crippen LogP contribution in [0.5, 0.6) is 0 Å². The van der Waals surface area contributed by atoms with E-state index in [9.17, 15) is 0 Å². The van der Waals surface area contributed by atoms with Crippen molar-refractivity contribution in [3.05, 3.63) is 29.6 Å². The zero-order valence-electron chi connectivity index (χ0n) is 11.3. The lowest BCUT2D eigenvalue weighted by atomic mass is 9.84. The Morgan fingerprint density at radius 2 is 2.24 bits per heavy atom. The first-order valence-corrected chi connectivity index (χ1v) is 6.75. The Balaban J connectivity index is 1.95. The highest BCUT2D eigenvalue weighted by molar-refractivity contribution is 5.25. The molecule has 1 aliphatic carbocycles. The number of fused-ring (bicyclic) bond motifs is 1. The zero-order valence-corrected chi connectivity index (χ0v) is 11.3. The van der Waals surface area contributed by atoms with Crippen LogP contribution in [-0.4, -0.2) is 17.1 Å². The Morgan fingerprint density at radius 1 is 1.41 bits per heavy atom. The predicted molar refractivity (Wildman–Crippen MR) is 72.3 cm³/mol. The fourth-order valence-corrected chi connectivity index (χ4v) is 2.61. The van der Waals surface area contributed by atoms with Gasteiger partial charge in [0.2, 0.25) is 0 Å². The Morgan fingerprint density at radius 3 is 3.00 bits per heavy atom. The summed E-state index contributed by atoms with van der Waals surface area (Å²) in [6, 6.07) is 4.31. The van der Waals surface area contributed by atoms with E-state index in [-0.39, 0.29) is 5.54 Å². The van der Waals surface area contributed by atoms with Crippen LogP contribution in [0.4, 0.5) is 0 Å². The molecule has 1 unspecified atom stereocenters. The topological polar surface area (TPSA) is 24.9 Å². The van der Waals surface area contributed by atoms with E-state index in [1.54, 1.807) is 0 Å². The summed E-state index contributed by atoms with van der Waals surface area (Å²) in [5, 5.41) is 3.57. The van der Waals surface area contributed by atoms with Crippen molar-refractivity contribution in [1.29, 1.82) is 0 Å². The Labute approximate surface area is 105 Å². The van der Waals surface area contributed by atoms with Crippen molar-refractivity contribution in [2.24, 2.45) is 0 Å². The number of aromatic nitrogens is 1. The zero-order chi connectivity index (χ0) is 12.3. The number of nitrogens with zero attached hydrogens (tertiary/aromatic N) is 1. The summed E-state index contributed by atoms with van der Waals surface area (Å²) in [5.41, 5.74) is 3.05. The molecule has 0 saturated carbocycles. The highest BCUT2D eigenvalue weighted by atomic mass is 14.9. The van der Waals surface area contributed by atoms with Gasteiger partial charge in [0.05, 0.1) is 0 Å². The fourth-order valence-electron chi connectivity index (χ4n) is 2.61. The Kier molecular flexibility index (Phi) is 3.82. The third kappa shape index (κ3) is 3.53. The second-order valence-electron chi connectivity index (χ2n) is 6.10. The minimum atomic E-state index is 0.224. The van der Waals surface area contributed by atoms with Gasteiger partial charge in [-0.1, -0.05) is 6.07 Å². The molecule has 1 aromatic rings. The van der Waals surface area contributed by atoms with Gasteiger partial charge < -0.3 is 5.32 Å². The SMILES string of the molecule is CC(C)(C)NCCC1CCCc2cccnc21. The van der Waals surface area contributed by atoms with Gasteiger partial charge in [-0.3, -0.25) is 4.98 Å². The molecule has 1 aromatic heterocycles. The number of aryl methyl sites for hydroxylation is 1.